The molecule has 0 amide bonds. The lowest BCUT2D eigenvalue weighted by Crippen LogP contribution is -2.36. The number of nitrogens with zero attached hydrogens (tertiary/aromatic N) is 4. The van der Waals surface area contributed by atoms with Crippen molar-refractivity contribution in [2.24, 2.45) is 0 Å². The average Bonchev–Trinajstić information content (AvgIpc) is 3.06. The van der Waals surface area contributed by atoms with Crippen LogP contribution in [0.1, 0.15) is 0 Å². The van der Waals surface area contributed by atoms with E-state index in [2.05, 4.69) is 19.1 Å². The number of rotatable bonds is 4. The third kappa shape index (κ3) is 3.70. The van der Waals surface area contributed by atoms with E-state index in [-0.39, 0.29) is 22.6 Å². The van der Waals surface area contributed by atoms with Gasteiger partial charge in [0.15, 0.2) is 11.3 Å². The molecule has 1 aliphatic heterocycles. The van der Waals surface area contributed by atoms with Gasteiger partial charge in [0.1, 0.15) is 5.82 Å². The van der Waals surface area contributed by atoms with Gasteiger partial charge in [-0.05, 0) is 12.1 Å². The fourth-order valence-electron chi connectivity index (χ4n) is 2.74. The number of aromatic nitrogens is 3. The van der Waals surface area contributed by atoms with Crippen LogP contribution in [0.15, 0.2) is 35.1 Å². The second-order valence-electron chi connectivity index (χ2n) is 5.95. The number of alkyl halides is 3. The molecule has 0 radical (unpaired) electrons. The molecule has 3 aromatic heterocycles. The lowest BCUT2D eigenvalue weighted by Gasteiger charge is -2.27. The van der Waals surface area contributed by atoms with Crippen LogP contribution in [-0.4, -0.2) is 55.2 Å². The molecule has 1 fully saturated rings. The van der Waals surface area contributed by atoms with Gasteiger partial charge in [-0.15, -0.1) is 0 Å². The molecule has 0 bridgehead atoms. The second-order valence-corrected chi connectivity index (χ2v) is 7.49. The molecule has 0 aliphatic carbocycles. The summed E-state index contributed by atoms with van der Waals surface area (Å²) in [7, 11) is -5.94. The monoisotopic (exact) mass is 430 g/mol. The van der Waals surface area contributed by atoms with E-state index < -0.39 is 21.4 Å². The molecule has 1 saturated heterocycles. The highest BCUT2D eigenvalue weighted by Gasteiger charge is 2.49. The van der Waals surface area contributed by atoms with Crippen molar-refractivity contribution >= 4 is 26.9 Å². The number of morpholine rings is 1. The summed E-state index contributed by atoms with van der Waals surface area (Å²) >= 11 is 0. The quantitative estimate of drug-likeness (QED) is 0.455. The molecular formula is C16H13F3N4O5S. The van der Waals surface area contributed by atoms with Gasteiger partial charge in [-0.25, -0.2) is 9.97 Å². The molecule has 4 heterocycles. The molecule has 0 atom stereocenters. The number of pyridine rings is 1. The maximum Gasteiger partial charge on any atom is 0.534 e. The van der Waals surface area contributed by atoms with E-state index in [0.717, 1.165) is 0 Å². The summed E-state index contributed by atoms with van der Waals surface area (Å²) in [6, 6.07) is 2.89. The summed E-state index contributed by atoms with van der Waals surface area (Å²) in [5, 5.41) is -0.0109. The number of hydrogen-bond acceptors (Lipinski definition) is 9. The predicted molar refractivity (Wildman–Crippen MR) is 93.7 cm³/mol. The Morgan fingerprint density at radius 3 is 2.62 bits per heavy atom. The zero-order chi connectivity index (χ0) is 20.6. The molecule has 0 N–H and O–H groups in total. The Labute approximate surface area is 162 Å². The highest BCUT2D eigenvalue weighted by molar-refractivity contribution is 7.88. The topological polar surface area (TPSA) is 108 Å². The predicted octanol–water partition coefficient (Wildman–Crippen LogP) is 2.35. The number of furan rings is 1. The second kappa shape index (κ2) is 7.15. The highest BCUT2D eigenvalue weighted by Crippen LogP contribution is 2.41. The largest absolute Gasteiger partial charge is 0.534 e. The van der Waals surface area contributed by atoms with Crippen LogP contribution in [0, 0.1) is 0 Å². The van der Waals surface area contributed by atoms with Gasteiger partial charge in [0.25, 0.3) is 0 Å². The molecule has 0 spiro atoms. The van der Waals surface area contributed by atoms with Gasteiger partial charge in [-0.3, -0.25) is 4.98 Å². The minimum Gasteiger partial charge on any atom is -0.447 e. The number of anilines is 1. The van der Waals surface area contributed by atoms with Gasteiger partial charge in [0, 0.05) is 25.5 Å². The standard InChI is InChI=1S/C16H13F3N4O5S/c17-16(18,19)29(24,25)28-13-10-1-3-20-9-11(10)27-14(13)15-21-4-2-12(22-15)23-5-7-26-8-6-23/h1-4,9H,5-8H2. The third-order valence-corrected chi connectivity index (χ3v) is 5.06. The molecule has 0 saturated carbocycles. The van der Waals surface area contributed by atoms with Gasteiger partial charge in [0.05, 0.1) is 24.8 Å². The summed E-state index contributed by atoms with van der Waals surface area (Å²) in [5.41, 5.74) is -5.59. The zero-order valence-electron chi connectivity index (χ0n) is 14.6. The molecule has 0 unspecified atom stereocenters. The van der Waals surface area contributed by atoms with E-state index in [0.29, 0.717) is 32.1 Å². The van der Waals surface area contributed by atoms with E-state index in [1.165, 1.54) is 24.7 Å². The minimum absolute atomic E-state index is 0.0109. The first kappa shape index (κ1) is 19.4. The van der Waals surface area contributed by atoms with Gasteiger partial charge in [-0.2, -0.15) is 21.6 Å². The molecule has 154 valence electrons. The zero-order valence-corrected chi connectivity index (χ0v) is 15.4. The number of halogens is 3. The normalized spacial score (nSPS) is 15.6. The highest BCUT2D eigenvalue weighted by atomic mass is 32.2. The van der Waals surface area contributed by atoms with E-state index in [1.807, 2.05) is 4.90 Å². The summed E-state index contributed by atoms with van der Waals surface area (Å²) in [4.78, 5) is 14.0. The van der Waals surface area contributed by atoms with Gasteiger partial charge < -0.3 is 18.2 Å². The van der Waals surface area contributed by atoms with Crippen molar-refractivity contribution in [1.82, 2.24) is 15.0 Å². The summed E-state index contributed by atoms with van der Waals surface area (Å²) in [6.07, 6.45) is 3.87. The summed E-state index contributed by atoms with van der Waals surface area (Å²) < 4.78 is 76.9. The maximum atomic E-state index is 12.9. The van der Waals surface area contributed by atoms with Crippen LogP contribution in [0.5, 0.6) is 5.75 Å². The number of ether oxygens (including phenoxy) is 1. The first-order valence-electron chi connectivity index (χ1n) is 8.29. The fourth-order valence-corrected chi connectivity index (χ4v) is 3.22. The Bertz CT molecular complexity index is 1140. The van der Waals surface area contributed by atoms with Crippen LogP contribution < -0.4 is 9.08 Å². The van der Waals surface area contributed by atoms with Crippen molar-refractivity contribution in [2.75, 3.05) is 31.2 Å². The summed E-state index contributed by atoms with van der Waals surface area (Å²) in [6.45, 7) is 2.11. The number of hydrogen-bond donors (Lipinski definition) is 0. The Hall–Kier alpha value is -2.93. The van der Waals surface area contributed by atoms with Crippen LogP contribution in [-0.2, 0) is 14.9 Å². The summed E-state index contributed by atoms with van der Waals surface area (Å²) in [5.74, 6) is -0.645. The average molecular weight is 430 g/mol. The van der Waals surface area contributed by atoms with Crippen molar-refractivity contribution in [1.29, 1.82) is 0 Å². The Morgan fingerprint density at radius 1 is 1.14 bits per heavy atom. The van der Waals surface area contributed by atoms with Crippen molar-refractivity contribution in [2.45, 2.75) is 5.51 Å². The van der Waals surface area contributed by atoms with Crippen LogP contribution in [0.25, 0.3) is 22.6 Å². The lowest BCUT2D eigenvalue weighted by molar-refractivity contribution is -0.0499. The first-order chi connectivity index (χ1) is 13.8. The van der Waals surface area contributed by atoms with Crippen LogP contribution in [0.2, 0.25) is 0 Å². The Balaban J connectivity index is 1.82. The van der Waals surface area contributed by atoms with E-state index in [1.54, 1.807) is 6.07 Å². The maximum absolute atomic E-state index is 12.9. The van der Waals surface area contributed by atoms with Crippen molar-refractivity contribution in [3.63, 3.8) is 0 Å². The van der Waals surface area contributed by atoms with Crippen LogP contribution >= 0.6 is 0 Å². The van der Waals surface area contributed by atoms with Crippen LogP contribution in [0.3, 0.4) is 0 Å². The molecule has 13 heteroatoms. The van der Waals surface area contributed by atoms with E-state index in [9.17, 15) is 21.6 Å². The Kier molecular flexibility index (Phi) is 4.78. The minimum atomic E-state index is -5.94. The fraction of sp³-hybridized carbons (Fsp3) is 0.312. The first-order valence-corrected chi connectivity index (χ1v) is 9.70. The van der Waals surface area contributed by atoms with Crippen molar-refractivity contribution < 1.29 is 34.9 Å². The third-order valence-electron chi connectivity index (χ3n) is 4.10. The SMILES string of the molecule is O=S(=O)(Oc1c(-c2nccc(N3CCOCC3)n2)oc2cnccc12)C(F)(F)F. The molecule has 9 nitrogen and oxygen atoms in total. The lowest BCUT2D eigenvalue weighted by atomic mass is 10.2. The molecular weight excluding hydrogens is 417 g/mol. The van der Waals surface area contributed by atoms with E-state index >= 15 is 0 Å². The molecule has 4 rings (SSSR count). The molecule has 3 aromatic rings. The van der Waals surface area contributed by atoms with Crippen molar-refractivity contribution in [3.05, 3.63) is 30.7 Å². The van der Waals surface area contributed by atoms with E-state index in [4.69, 9.17) is 9.15 Å². The Morgan fingerprint density at radius 2 is 1.90 bits per heavy atom. The number of fused-ring (bicyclic) bond motifs is 1. The van der Waals surface area contributed by atoms with Crippen LogP contribution in [0.4, 0.5) is 19.0 Å². The van der Waals surface area contributed by atoms with Gasteiger partial charge in [-0.1, -0.05) is 0 Å². The van der Waals surface area contributed by atoms with Gasteiger partial charge >= 0.3 is 15.6 Å². The smallest absolute Gasteiger partial charge is 0.447 e. The van der Waals surface area contributed by atoms with Crippen molar-refractivity contribution in [3.8, 4) is 17.3 Å². The van der Waals surface area contributed by atoms with Gasteiger partial charge in [0.2, 0.25) is 11.6 Å². The molecule has 1 aliphatic rings. The molecule has 0 aromatic carbocycles. The molecule has 29 heavy (non-hydrogen) atoms.